The van der Waals surface area contributed by atoms with Crippen molar-refractivity contribution in [3.63, 3.8) is 0 Å². The van der Waals surface area contributed by atoms with Gasteiger partial charge in [-0.05, 0) is 11.6 Å². The normalized spacial score (nSPS) is 14.8. The number of rotatable bonds is 2. The summed E-state index contributed by atoms with van der Waals surface area (Å²) in [5.41, 5.74) is 2.13. The van der Waals surface area contributed by atoms with Crippen LogP contribution in [0, 0.1) is 0 Å². The van der Waals surface area contributed by atoms with Gasteiger partial charge in [-0.15, -0.1) is 0 Å². The van der Waals surface area contributed by atoms with Crippen LogP contribution < -0.4 is 10.2 Å². The Morgan fingerprint density at radius 1 is 1.37 bits per heavy atom. The lowest BCUT2D eigenvalue weighted by Gasteiger charge is -2.22. The number of nitrogens with one attached hydrogen (secondary N) is 1. The summed E-state index contributed by atoms with van der Waals surface area (Å²) in [6.07, 6.45) is 2.99. The number of nitrogens with zero attached hydrogens (tertiary/aromatic N) is 4. The third-order valence-corrected chi connectivity index (χ3v) is 3.17. The Morgan fingerprint density at radius 3 is 3.11 bits per heavy atom. The topological polar surface area (TPSA) is 63.1 Å². The van der Waals surface area contributed by atoms with Crippen LogP contribution in [0.15, 0.2) is 36.9 Å². The van der Waals surface area contributed by atoms with Crippen molar-refractivity contribution in [3.05, 3.63) is 42.5 Å². The molecule has 0 radical (unpaired) electrons. The van der Waals surface area contributed by atoms with Crippen molar-refractivity contribution >= 4 is 11.6 Å². The van der Waals surface area contributed by atoms with Gasteiger partial charge in [0.15, 0.2) is 0 Å². The molecule has 1 aromatic carbocycles. The number of carbonyl (C=O) groups is 1. The molecule has 3 rings (SSSR count). The van der Waals surface area contributed by atoms with E-state index in [4.69, 9.17) is 0 Å². The molecule has 1 amide bonds. The van der Waals surface area contributed by atoms with Crippen LogP contribution in [0.4, 0.5) is 5.69 Å². The van der Waals surface area contributed by atoms with E-state index in [9.17, 15) is 4.79 Å². The van der Waals surface area contributed by atoms with Crippen molar-refractivity contribution in [2.45, 2.75) is 13.1 Å². The fraction of sp³-hybridized carbons (Fsp3) is 0.308. The van der Waals surface area contributed by atoms with Gasteiger partial charge >= 0.3 is 0 Å². The van der Waals surface area contributed by atoms with E-state index in [1.807, 2.05) is 29.2 Å². The van der Waals surface area contributed by atoms with Gasteiger partial charge in [-0.2, -0.15) is 5.10 Å². The fourth-order valence-electron chi connectivity index (χ4n) is 2.26. The zero-order valence-corrected chi connectivity index (χ0v) is 10.5. The van der Waals surface area contributed by atoms with E-state index in [-0.39, 0.29) is 12.5 Å². The highest BCUT2D eigenvalue weighted by atomic mass is 16.2. The summed E-state index contributed by atoms with van der Waals surface area (Å²) in [7, 11) is 0. The molecule has 1 aromatic heterocycles. The molecule has 0 saturated carbocycles. The number of hydrogen-bond acceptors (Lipinski definition) is 4. The second-order valence-corrected chi connectivity index (χ2v) is 4.44. The summed E-state index contributed by atoms with van der Waals surface area (Å²) in [5, 5.41) is 7.29. The van der Waals surface area contributed by atoms with E-state index in [1.54, 1.807) is 11.0 Å². The van der Waals surface area contributed by atoms with Crippen LogP contribution in [0.5, 0.6) is 0 Å². The number of hydrogen-bond donors (Lipinski definition) is 1. The number of anilines is 1. The number of aromatic nitrogens is 3. The van der Waals surface area contributed by atoms with Crippen molar-refractivity contribution in [3.8, 4) is 0 Å². The number of amides is 1. The lowest BCUT2D eigenvalue weighted by atomic mass is 10.1. The molecule has 6 heteroatoms. The van der Waals surface area contributed by atoms with Crippen molar-refractivity contribution in [1.82, 2.24) is 20.1 Å². The Bertz CT molecular complexity index is 566. The molecule has 6 nitrogen and oxygen atoms in total. The first-order valence-corrected chi connectivity index (χ1v) is 6.26. The first-order valence-electron chi connectivity index (χ1n) is 6.26. The zero-order valence-electron chi connectivity index (χ0n) is 10.5. The monoisotopic (exact) mass is 257 g/mol. The summed E-state index contributed by atoms with van der Waals surface area (Å²) in [6.45, 7) is 2.47. The number of carbonyl (C=O) groups excluding carboxylic acids is 1. The molecule has 0 atom stereocenters. The van der Waals surface area contributed by atoms with Crippen LogP contribution >= 0.6 is 0 Å². The van der Waals surface area contributed by atoms with Crippen molar-refractivity contribution in [1.29, 1.82) is 0 Å². The minimum atomic E-state index is 0.0293. The first-order chi connectivity index (χ1) is 9.34. The summed E-state index contributed by atoms with van der Waals surface area (Å²) in [4.78, 5) is 18.1. The first kappa shape index (κ1) is 11.9. The third kappa shape index (κ3) is 2.48. The minimum absolute atomic E-state index is 0.0293. The van der Waals surface area contributed by atoms with E-state index in [0.717, 1.165) is 24.3 Å². The van der Waals surface area contributed by atoms with E-state index in [2.05, 4.69) is 15.4 Å². The number of para-hydroxylation sites is 1. The van der Waals surface area contributed by atoms with Crippen LogP contribution in [-0.2, 0) is 17.9 Å². The SMILES string of the molecule is O=C(Cn1cncn1)N1CCNCc2ccccc21. The maximum atomic E-state index is 12.4. The average Bonchev–Trinajstić information content (AvgIpc) is 2.83. The van der Waals surface area contributed by atoms with Gasteiger partial charge in [0.25, 0.3) is 0 Å². The van der Waals surface area contributed by atoms with Crippen LogP contribution in [0.3, 0.4) is 0 Å². The maximum Gasteiger partial charge on any atom is 0.248 e. The Morgan fingerprint density at radius 2 is 2.26 bits per heavy atom. The molecule has 2 aromatic rings. The highest BCUT2D eigenvalue weighted by molar-refractivity contribution is 5.94. The van der Waals surface area contributed by atoms with Crippen molar-refractivity contribution in [2.24, 2.45) is 0 Å². The van der Waals surface area contributed by atoms with Crippen LogP contribution in [0.25, 0.3) is 0 Å². The van der Waals surface area contributed by atoms with Gasteiger partial charge in [0.2, 0.25) is 5.91 Å². The van der Waals surface area contributed by atoms with E-state index in [1.165, 1.54) is 6.33 Å². The molecule has 0 unspecified atom stereocenters. The molecule has 1 N–H and O–H groups in total. The molecule has 0 bridgehead atoms. The van der Waals surface area contributed by atoms with Crippen LogP contribution in [0.1, 0.15) is 5.56 Å². The Hall–Kier alpha value is -2.21. The van der Waals surface area contributed by atoms with Gasteiger partial charge in [0, 0.05) is 25.3 Å². The van der Waals surface area contributed by atoms with Crippen LogP contribution in [-0.4, -0.2) is 33.8 Å². The number of benzene rings is 1. The molecule has 19 heavy (non-hydrogen) atoms. The fourth-order valence-corrected chi connectivity index (χ4v) is 2.26. The highest BCUT2D eigenvalue weighted by Crippen LogP contribution is 2.22. The molecule has 0 spiro atoms. The molecule has 1 aliphatic heterocycles. The predicted octanol–water partition coefficient (Wildman–Crippen LogP) is 0.415. The maximum absolute atomic E-state index is 12.4. The predicted molar refractivity (Wildman–Crippen MR) is 70.5 cm³/mol. The quantitative estimate of drug-likeness (QED) is 0.846. The molecule has 0 saturated heterocycles. The minimum Gasteiger partial charge on any atom is -0.311 e. The second kappa shape index (κ2) is 5.19. The van der Waals surface area contributed by atoms with E-state index >= 15 is 0 Å². The Labute approximate surface area is 111 Å². The lowest BCUT2D eigenvalue weighted by molar-refractivity contribution is -0.119. The summed E-state index contributed by atoms with van der Waals surface area (Å²) < 4.78 is 1.54. The molecular formula is C13H15N5O. The molecule has 98 valence electrons. The summed E-state index contributed by atoms with van der Waals surface area (Å²) >= 11 is 0. The summed E-state index contributed by atoms with van der Waals surface area (Å²) in [6, 6.07) is 7.98. The smallest absolute Gasteiger partial charge is 0.248 e. The molecular weight excluding hydrogens is 242 g/mol. The Balaban J connectivity index is 1.85. The standard InChI is InChI=1S/C13H15N5O/c19-13(8-17-10-15-9-16-17)18-6-5-14-7-11-3-1-2-4-12(11)18/h1-4,9-10,14H,5-8H2. The van der Waals surface area contributed by atoms with Crippen molar-refractivity contribution < 1.29 is 4.79 Å². The largest absolute Gasteiger partial charge is 0.311 e. The van der Waals surface area contributed by atoms with Gasteiger partial charge in [0.05, 0.1) is 0 Å². The van der Waals surface area contributed by atoms with Gasteiger partial charge in [0.1, 0.15) is 19.2 Å². The second-order valence-electron chi connectivity index (χ2n) is 4.44. The Kier molecular flexibility index (Phi) is 3.24. The molecule has 1 aliphatic rings. The molecule has 0 fully saturated rings. The molecule has 0 aliphatic carbocycles. The van der Waals surface area contributed by atoms with Crippen molar-refractivity contribution in [2.75, 3.05) is 18.0 Å². The van der Waals surface area contributed by atoms with Gasteiger partial charge < -0.3 is 10.2 Å². The van der Waals surface area contributed by atoms with Gasteiger partial charge in [-0.1, -0.05) is 18.2 Å². The average molecular weight is 257 g/mol. The summed E-state index contributed by atoms with van der Waals surface area (Å²) in [5.74, 6) is 0.0293. The van der Waals surface area contributed by atoms with Crippen LogP contribution in [0.2, 0.25) is 0 Å². The lowest BCUT2D eigenvalue weighted by Crippen LogP contribution is -2.37. The van der Waals surface area contributed by atoms with Gasteiger partial charge in [-0.3, -0.25) is 4.79 Å². The van der Waals surface area contributed by atoms with Gasteiger partial charge in [-0.25, -0.2) is 9.67 Å². The number of fused-ring (bicyclic) bond motifs is 1. The highest BCUT2D eigenvalue weighted by Gasteiger charge is 2.20. The zero-order chi connectivity index (χ0) is 13.1. The third-order valence-electron chi connectivity index (χ3n) is 3.17. The van der Waals surface area contributed by atoms with E-state index < -0.39 is 0 Å². The van der Waals surface area contributed by atoms with E-state index in [0.29, 0.717) is 6.54 Å². The molecule has 2 heterocycles.